The van der Waals surface area contributed by atoms with E-state index in [1.54, 1.807) is 30.3 Å². The summed E-state index contributed by atoms with van der Waals surface area (Å²) in [4.78, 5) is 215. The molecule has 0 fully saturated rings. The van der Waals surface area contributed by atoms with Gasteiger partial charge in [0.25, 0.3) is 0 Å². The normalized spacial score (nSPS) is 13.6. The standard InChI is InChI=1S/C70H122N32O16/c71-25-7-4-16-41(56(108)90-37-55(106)107)93-59(111)44(19-10-28-86-67(77)78)98-66(118)51(34-53(76)104)102-62(114)47(22-13-31-89-70(83)84)97-65(117)50(33-40-36-85-38-91-40)101-61(113)46(21-12-30-88-69(81)82)96-64(116)49(32-39-14-2-1-3-15-39)100-60(112)45(20-11-29-87-68(79)80)95-63(115)48(23-24-52(75)103)99-58(110)43(18-6-9-27-73)94-57(109)42(17-5-8-26-72)92-54(105)35-74/h1-3,14-15,36,38,41-51H,4-13,16-35,37,71-74H2,(H2,75,103)(H2,76,104)(H,85,91)(H,90,108)(H,92,105)(H,93,111)(H,94,109)(H,95,115)(H,96,116)(H,97,117)(H,98,118)(H,99,110)(H,100,112)(H,101,113)(H,102,114)(H,106,107)(H4,77,78,86)(H4,79,80,87)(H4,81,82,88)(H4,83,84,89). The lowest BCUT2D eigenvalue weighted by Gasteiger charge is -2.29. The number of carboxylic acids is 1. The van der Waals surface area contributed by atoms with Crippen molar-refractivity contribution < 1.29 is 77.0 Å². The van der Waals surface area contributed by atoms with Gasteiger partial charge in [0.1, 0.15) is 73.0 Å². The fraction of sp³-hybridized carbons (Fsp3) is 0.600. The number of aliphatic carboxylic acids is 1. The molecule has 0 saturated heterocycles. The molecular weight excluding hydrogens is 1540 g/mol. The van der Waals surface area contributed by atoms with E-state index in [0.29, 0.717) is 31.2 Å². The molecule has 11 unspecified atom stereocenters. The number of nitrogens with two attached hydrogens (primary N) is 10. The second kappa shape index (κ2) is 57.4. The lowest BCUT2D eigenvalue weighted by atomic mass is 10.0. The monoisotopic (exact) mass is 1670 g/mol. The molecular formula is C70H122N32O16. The first-order valence-corrected chi connectivity index (χ1v) is 38.6. The second-order valence-corrected chi connectivity index (χ2v) is 27.5. The first-order valence-electron chi connectivity index (χ1n) is 38.6. The van der Waals surface area contributed by atoms with Gasteiger partial charge in [-0.15, -0.1) is 0 Å². The maximum Gasteiger partial charge on any atom is 0.322 e. The molecule has 1 aromatic carbocycles. The van der Waals surface area contributed by atoms with Gasteiger partial charge in [0.2, 0.25) is 82.7 Å². The third-order valence-electron chi connectivity index (χ3n) is 17.7. The molecule has 48 nitrogen and oxygen atoms in total. The number of unbranched alkanes of at least 4 members (excludes halogenated alkanes) is 3. The number of primary amides is 2. The summed E-state index contributed by atoms with van der Waals surface area (Å²) in [6, 6.07) is -9.15. The smallest absolute Gasteiger partial charge is 0.322 e. The molecule has 1 aromatic heterocycles. The Hall–Kier alpha value is -12.6. The first-order chi connectivity index (χ1) is 56.1. The number of H-pyrrole nitrogens is 1. The second-order valence-electron chi connectivity index (χ2n) is 27.5. The molecule has 118 heavy (non-hydrogen) atoms. The van der Waals surface area contributed by atoms with E-state index in [4.69, 9.17) is 79.0 Å². The van der Waals surface area contributed by atoms with Crippen molar-refractivity contribution in [3.8, 4) is 0 Å². The van der Waals surface area contributed by atoms with Gasteiger partial charge in [0, 0.05) is 57.3 Å². The van der Waals surface area contributed by atoms with Crippen LogP contribution < -0.4 is 142 Å². The van der Waals surface area contributed by atoms with E-state index in [0.717, 1.165) is 0 Å². The zero-order chi connectivity index (χ0) is 88.1. The highest BCUT2D eigenvalue weighted by atomic mass is 16.4. The first kappa shape index (κ1) is 101. The van der Waals surface area contributed by atoms with Crippen LogP contribution in [-0.2, 0) is 84.8 Å². The Morgan fingerprint density at radius 2 is 0.661 bits per heavy atom. The molecule has 0 aliphatic heterocycles. The number of hydrogen-bond acceptors (Lipinski definition) is 24. The van der Waals surface area contributed by atoms with Gasteiger partial charge in [-0.2, -0.15) is 0 Å². The average molecular weight is 1670 g/mol. The van der Waals surface area contributed by atoms with E-state index in [1.165, 1.54) is 12.5 Å². The Kier molecular flexibility index (Phi) is 49.4. The largest absolute Gasteiger partial charge is 0.480 e. The molecule has 2 aromatic rings. The van der Waals surface area contributed by atoms with Gasteiger partial charge >= 0.3 is 5.97 Å². The molecule has 48 heteroatoms. The zero-order valence-electron chi connectivity index (χ0n) is 66.1. The van der Waals surface area contributed by atoms with E-state index in [9.17, 15) is 67.4 Å². The van der Waals surface area contributed by atoms with Gasteiger partial charge in [0.15, 0.2) is 23.8 Å². The van der Waals surface area contributed by atoms with Crippen molar-refractivity contribution in [3.63, 3.8) is 0 Å². The van der Waals surface area contributed by atoms with Crippen LogP contribution in [-0.4, -0.2) is 253 Å². The summed E-state index contributed by atoms with van der Waals surface area (Å²) in [5, 5.41) is 80.7. The highest BCUT2D eigenvalue weighted by Gasteiger charge is 2.38. The van der Waals surface area contributed by atoms with Crippen LogP contribution in [0.5, 0.6) is 0 Å². The third kappa shape index (κ3) is 43.8. The Labute approximate surface area is 681 Å². The Bertz CT molecular complexity index is 3620. The summed E-state index contributed by atoms with van der Waals surface area (Å²) in [6.07, 6.45) is 1.15. The average Bonchev–Trinajstić information content (AvgIpc) is 0.991. The molecule has 14 amide bonds. The minimum absolute atomic E-state index is 0.00210. The number of rotatable bonds is 62. The number of benzene rings is 1. The van der Waals surface area contributed by atoms with Crippen LogP contribution in [0.4, 0.5) is 0 Å². The molecule has 1 heterocycles. The predicted octanol–water partition coefficient (Wildman–Crippen LogP) is -10.7. The van der Waals surface area contributed by atoms with E-state index < -0.39 is 218 Å². The van der Waals surface area contributed by atoms with Crippen LogP contribution in [0.1, 0.15) is 140 Å². The zero-order valence-corrected chi connectivity index (χ0v) is 66.1. The van der Waals surface area contributed by atoms with Crippen LogP contribution >= 0.6 is 0 Å². The lowest BCUT2D eigenvalue weighted by Crippen LogP contribution is -2.61. The third-order valence-corrected chi connectivity index (χ3v) is 17.7. The van der Waals surface area contributed by atoms with Gasteiger partial charge in [-0.25, -0.2) is 4.98 Å². The number of aromatic nitrogens is 2. The molecule has 0 bridgehead atoms. The predicted molar refractivity (Wildman–Crippen MR) is 431 cm³/mol. The number of carbonyl (C=O) groups is 15. The van der Waals surface area contributed by atoms with Crippen LogP contribution in [0, 0.1) is 21.6 Å². The van der Waals surface area contributed by atoms with Crippen LogP contribution in [0.15, 0.2) is 42.9 Å². The molecule has 658 valence electrons. The fourth-order valence-corrected chi connectivity index (χ4v) is 11.6. The number of carboxylic acid groups (broad SMARTS) is 1. The minimum Gasteiger partial charge on any atom is -0.480 e. The van der Waals surface area contributed by atoms with Crippen molar-refractivity contribution in [2.24, 2.45) is 57.3 Å². The number of amides is 14. The molecule has 11 atom stereocenters. The number of guanidine groups is 4. The fourth-order valence-electron chi connectivity index (χ4n) is 11.6. The Balaban J connectivity index is 2.79. The molecule has 0 spiro atoms. The molecule has 0 saturated carbocycles. The number of aromatic amines is 1. The summed E-state index contributed by atoms with van der Waals surface area (Å²) in [5.74, 6) is -17.1. The number of hydrogen-bond donors (Lipinski definition) is 32. The maximum atomic E-state index is 15.1. The summed E-state index contributed by atoms with van der Waals surface area (Å²) in [6.45, 7) is -0.772. The Morgan fingerprint density at radius 3 is 0.975 bits per heavy atom. The molecule has 2 rings (SSSR count). The Morgan fingerprint density at radius 1 is 0.356 bits per heavy atom. The van der Waals surface area contributed by atoms with E-state index in [1.807, 2.05) is 0 Å². The summed E-state index contributed by atoms with van der Waals surface area (Å²) in [5.41, 5.74) is 56.6. The number of imidazole rings is 1. The van der Waals surface area contributed by atoms with Crippen molar-refractivity contribution in [3.05, 3.63) is 54.1 Å². The number of nitrogens with one attached hydrogen (secondary N) is 21. The number of nitrogens with zero attached hydrogens (tertiary/aromatic N) is 1. The quantitative estimate of drug-likeness (QED) is 0.0166. The summed E-state index contributed by atoms with van der Waals surface area (Å²) < 4.78 is 0. The summed E-state index contributed by atoms with van der Waals surface area (Å²) >= 11 is 0. The summed E-state index contributed by atoms with van der Waals surface area (Å²) in [7, 11) is 0. The molecule has 0 aliphatic carbocycles. The minimum atomic E-state index is -1.91. The van der Waals surface area contributed by atoms with Crippen LogP contribution in [0.25, 0.3) is 0 Å². The SMILES string of the molecule is N=C(N)NCCCC(NC(=O)C(CC(N)=O)NC(=O)C(CCCNC(=N)N)NC(=O)C(Cc1cnc[nH]1)NC(=O)C(CCCNC(=N)N)NC(=O)C(Cc1ccccc1)NC(=O)C(CCCNC(=N)N)NC(=O)C(CCC(N)=O)NC(=O)C(CCCCN)NC(=O)C(CCCCN)NC(=O)CN)C(=O)NC(CCCCN)C(=O)NCC(=O)O. The highest BCUT2D eigenvalue weighted by Crippen LogP contribution is 2.14. The van der Waals surface area contributed by atoms with Crippen molar-refractivity contribution >= 4 is 113 Å². The van der Waals surface area contributed by atoms with Gasteiger partial charge in [-0.05, 0) is 141 Å². The topological polar surface area (TPSA) is 853 Å². The van der Waals surface area contributed by atoms with E-state index in [-0.39, 0.29) is 141 Å². The highest BCUT2D eigenvalue weighted by molar-refractivity contribution is 6.00. The van der Waals surface area contributed by atoms with Crippen LogP contribution in [0.3, 0.4) is 0 Å². The number of carbonyl (C=O) groups excluding carboxylic acids is 14. The van der Waals surface area contributed by atoms with E-state index in [2.05, 4.69) is 95.0 Å². The van der Waals surface area contributed by atoms with Gasteiger partial charge in [0.05, 0.1) is 19.3 Å². The molecule has 0 radical (unpaired) electrons. The lowest BCUT2D eigenvalue weighted by molar-refractivity contribution is -0.138. The van der Waals surface area contributed by atoms with Crippen molar-refractivity contribution in [1.82, 2.24) is 95.0 Å². The van der Waals surface area contributed by atoms with Crippen molar-refractivity contribution in [2.45, 2.75) is 208 Å². The van der Waals surface area contributed by atoms with Gasteiger partial charge in [-0.3, -0.25) is 93.6 Å². The molecule has 42 N–H and O–H groups in total. The van der Waals surface area contributed by atoms with Crippen molar-refractivity contribution in [1.29, 1.82) is 21.6 Å². The van der Waals surface area contributed by atoms with Crippen LogP contribution in [0.2, 0.25) is 0 Å². The van der Waals surface area contributed by atoms with Gasteiger partial charge < -0.3 is 152 Å². The van der Waals surface area contributed by atoms with Crippen molar-refractivity contribution in [2.75, 3.05) is 58.9 Å². The van der Waals surface area contributed by atoms with Gasteiger partial charge in [-0.1, -0.05) is 30.3 Å². The van der Waals surface area contributed by atoms with E-state index >= 15 is 9.59 Å². The molecule has 0 aliphatic rings. The maximum absolute atomic E-state index is 15.1.